The second-order valence-corrected chi connectivity index (χ2v) is 9.30. The van der Waals surface area contributed by atoms with Crippen LogP contribution in [0.2, 0.25) is 0 Å². The number of rotatable bonds is 8. The van der Waals surface area contributed by atoms with Crippen molar-refractivity contribution >= 4 is 40.3 Å². The van der Waals surface area contributed by atoms with E-state index in [1.165, 1.54) is 4.52 Å². The number of carboxylic acids is 1. The molecule has 2 fully saturated rings. The van der Waals surface area contributed by atoms with Crippen molar-refractivity contribution in [2.24, 2.45) is 0 Å². The molecule has 0 bridgehead atoms. The number of cyclic esters (lactones) is 1. The number of nitrogens with two attached hydrogens (primary N) is 1. The number of piperazine rings is 1. The SMILES string of the molecule is Nc1nc2c(cnn2CCN2CCN(c3ccc(OCC(=O)O)cc3)CC2)c2nc(C3CCC(=O)O3)nn12. The second-order valence-electron chi connectivity index (χ2n) is 9.30. The molecule has 3 N–H and O–H groups in total. The first-order chi connectivity index (χ1) is 18.4. The Morgan fingerprint density at radius 3 is 2.61 bits per heavy atom. The van der Waals surface area contributed by atoms with Gasteiger partial charge >= 0.3 is 11.9 Å². The number of esters is 1. The Hall–Kier alpha value is -4.46. The van der Waals surface area contributed by atoms with Gasteiger partial charge < -0.3 is 25.2 Å². The van der Waals surface area contributed by atoms with Crippen LogP contribution in [-0.2, 0) is 20.9 Å². The van der Waals surface area contributed by atoms with Gasteiger partial charge in [0.2, 0.25) is 5.95 Å². The lowest BCUT2D eigenvalue weighted by Gasteiger charge is -2.36. The van der Waals surface area contributed by atoms with Crippen molar-refractivity contribution in [2.75, 3.05) is 50.0 Å². The number of nitrogens with zero attached hydrogens (tertiary/aromatic N) is 8. The van der Waals surface area contributed by atoms with Crippen LogP contribution in [0.1, 0.15) is 24.8 Å². The minimum Gasteiger partial charge on any atom is -0.482 e. The zero-order valence-corrected chi connectivity index (χ0v) is 20.6. The minimum atomic E-state index is -0.998. The summed E-state index contributed by atoms with van der Waals surface area (Å²) in [7, 11) is 0. The molecule has 0 radical (unpaired) electrons. The highest BCUT2D eigenvalue weighted by Crippen LogP contribution is 2.29. The van der Waals surface area contributed by atoms with Gasteiger partial charge in [-0.2, -0.15) is 14.6 Å². The summed E-state index contributed by atoms with van der Waals surface area (Å²) < 4.78 is 13.8. The molecule has 0 aliphatic carbocycles. The second kappa shape index (κ2) is 9.78. The third-order valence-corrected chi connectivity index (χ3v) is 6.85. The van der Waals surface area contributed by atoms with Gasteiger partial charge in [-0.3, -0.25) is 9.69 Å². The molecule has 0 saturated carbocycles. The van der Waals surface area contributed by atoms with Crippen LogP contribution in [0.15, 0.2) is 30.5 Å². The lowest BCUT2D eigenvalue weighted by Crippen LogP contribution is -2.47. The maximum absolute atomic E-state index is 11.5. The number of carbonyl (C=O) groups is 2. The Morgan fingerprint density at radius 2 is 1.89 bits per heavy atom. The van der Waals surface area contributed by atoms with Crippen molar-refractivity contribution in [1.82, 2.24) is 34.3 Å². The summed E-state index contributed by atoms with van der Waals surface area (Å²) in [5.74, 6) is -0.0896. The Kier molecular flexibility index (Phi) is 6.15. The number of aliphatic carboxylic acids is 1. The number of aromatic nitrogens is 6. The standard InChI is InChI=1S/C24H27N9O5/c25-24-28-22-17(23-27-21(29-33(23)24)18-5-6-20(36)38-18)13-26-32(22)12-9-30-7-10-31(11-8-30)15-1-3-16(4-2-15)37-14-19(34)35/h1-4,13,18H,5-12,14H2,(H2,25,28)(H,34,35). The fraction of sp³-hybridized carbons (Fsp3) is 0.417. The molecule has 38 heavy (non-hydrogen) atoms. The molecule has 1 atom stereocenters. The average molecular weight is 522 g/mol. The summed E-state index contributed by atoms with van der Waals surface area (Å²) in [6, 6.07) is 7.49. The molecule has 3 aromatic heterocycles. The van der Waals surface area contributed by atoms with E-state index in [9.17, 15) is 9.59 Å². The summed E-state index contributed by atoms with van der Waals surface area (Å²) in [5, 5.41) is 18.4. The quantitative estimate of drug-likeness (QED) is 0.312. The van der Waals surface area contributed by atoms with Crippen LogP contribution in [0, 0.1) is 0 Å². The van der Waals surface area contributed by atoms with Gasteiger partial charge in [-0.05, 0) is 24.3 Å². The molecular weight excluding hydrogens is 494 g/mol. The minimum absolute atomic E-state index is 0.199. The molecule has 5 heterocycles. The normalized spacial score (nSPS) is 18.4. The Bertz CT molecular complexity index is 1490. The van der Waals surface area contributed by atoms with E-state index in [0.717, 1.165) is 43.8 Å². The molecule has 2 saturated heterocycles. The molecule has 2 aliphatic rings. The fourth-order valence-electron chi connectivity index (χ4n) is 4.84. The first-order valence-electron chi connectivity index (χ1n) is 12.4. The number of anilines is 2. The van der Waals surface area contributed by atoms with Gasteiger partial charge in [0.25, 0.3) is 0 Å². The van der Waals surface area contributed by atoms with Gasteiger partial charge in [-0.15, -0.1) is 5.10 Å². The van der Waals surface area contributed by atoms with Crippen molar-refractivity contribution in [3.05, 3.63) is 36.3 Å². The van der Waals surface area contributed by atoms with E-state index in [-0.39, 0.29) is 18.5 Å². The van der Waals surface area contributed by atoms with Gasteiger partial charge in [-0.25, -0.2) is 14.5 Å². The summed E-state index contributed by atoms with van der Waals surface area (Å²) in [5.41, 5.74) is 8.45. The number of hydrogen-bond acceptors (Lipinski definition) is 11. The fourth-order valence-corrected chi connectivity index (χ4v) is 4.84. The van der Waals surface area contributed by atoms with Gasteiger partial charge in [-0.1, -0.05) is 0 Å². The lowest BCUT2D eigenvalue weighted by molar-refractivity contribution is -0.142. The molecule has 14 heteroatoms. The molecule has 14 nitrogen and oxygen atoms in total. The van der Waals surface area contributed by atoms with Crippen molar-refractivity contribution in [3.63, 3.8) is 0 Å². The highest BCUT2D eigenvalue weighted by atomic mass is 16.6. The smallest absolute Gasteiger partial charge is 0.341 e. The van der Waals surface area contributed by atoms with E-state index in [4.69, 9.17) is 20.3 Å². The first-order valence-corrected chi connectivity index (χ1v) is 12.4. The number of ether oxygens (including phenoxy) is 2. The number of nitrogen functional groups attached to an aromatic ring is 1. The van der Waals surface area contributed by atoms with Crippen molar-refractivity contribution in [3.8, 4) is 5.75 Å². The molecule has 1 aromatic carbocycles. The predicted molar refractivity (Wildman–Crippen MR) is 135 cm³/mol. The molecule has 0 spiro atoms. The number of carboxylic acid groups (broad SMARTS) is 1. The molecule has 4 aromatic rings. The number of hydrogen-bond donors (Lipinski definition) is 2. The Balaban J connectivity index is 1.08. The number of benzene rings is 1. The first kappa shape index (κ1) is 23.9. The van der Waals surface area contributed by atoms with E-state index < -0.39 is 12.1 Å². The molecule has 0 amide bonds. The Morgan fingerprint density at radius 1 is 1.11 bits per heavy atom. The summed E-state index contributed by atoms with van der Waals surface area (Å²) in [4.78, 5) is 36.0. The van der Waals surface area contributed by atoms with Gasteiger partial charge in [0.1, 0.15) is 5.75 Å². The van der Waals surface area contributed by atoms with E-state index in [2.05, 4.69) is 30.0 Å². The third kappa shape index (κ3) is 4.65. The summed E-state index contributed by atoms with van der Waals surface area (Å²) >= 11 is 0. The summed E-state index contributed by atoms with van der Waals surface area (Å²) in [6.45, 7) is 4.62. The van der Waals surface area contributed by atoms with Crippen LogP contribution in [0.3, 0.4) is 0 Å². The third-order valence-electron chi connectivity index (χ3n) is 6.85. The van der Waals surface area contributed by atoms with Crippen LogP contribution >= 0.6 is 0 Å². The molecule has 198 valence electrons. The van der Waals surface area contributed by atoms with Gasteiger partial charge in [0, 0.05) is 51.3 Å². The van der Waals surface area contributed by atoms with Crippen LogP contribution in [0.25, 0.3) is 16.7 Å². The predicted octanol–water partition coefficient (Wildman–Crippen LogP) is 0.720. The average Bonchev–Trinajstić information content (AvgIpc) is 3.65. The Labute approximate surface area is 216 Å². The highest BCUT2D eigenvalue weighted by molar-refractivity contribution is 5.89. The number of fused-ring (bicyclic) bond motifs is 3. The highest BCUT2D eigenvalue weighted by Gasteiger charge is 2.29. The topological polar surface area (TPSA) is 166 Å². The summed E-state index contributed by atoms with van der Waals surface area (Å²) in [6.07, 6.45) is 2.16. The molecule has 1 unspecified atom stereocenters. The van der Waals surface area contributed by atoms with Crippen LogP contribution in [0.4, 0.5) is 11.6 Å². The maximum atomic E-state index is 11.5. The molecular formula is C24H27N9O5. The van der Waals surface area contributed by atoms with Gasteiger partial charge in [0.05, 0.1) is 18.1 Å². The molecule has 6 rings (SSSR count). The van der Waals surface area contributed by atoms with Gasteiger partial charge in [0.15, 0.2) is 29.8 Å². The zero-order chi connectivity index (χ0) is 26.2. The van der Waals surface area contributed by atoms with Crippen LogP contribution in [0.5, 0.6) is 5.75 Å². The molecule has 2 aliphatic heterocycles. The van der Waals surface area contributed by atoms with E-state index in [0.29, 0.717) is 42.3 Å². The van der Waals surface area contributed by atoms with Crippen LogP contribution in [-0.4, -0.2) is 90.6 Å². The largest absolute Gasteiger partial charge is 0.482 e. The van der Waals surface area contributed by atoms with Crippen molar-refractivity contribution in [2.45, 2.75) is 25.5 Å². The van der Waals surface area contributed by atoms with Crippen molar-refractivity contribution < 1.29 is 24.2 Å². The van der Waals surface area contributed by atoms with E-state index in [1.807, 2.05) is 16.8 Å². The lowest BCUT2D eigenvalue weighted by atomic mass is 10.2. The maximum Gasteiger partial charge on any atom is 0.341 e. The van der Waals surface area contributed by atoms with E-state index in [1.54, 1.807) is 18.3 Å². The van der Waals surface area contributed by atoms with E-state index >= 15 is 0 Å². The van der Waals surface area contributed by atoms with Crippen molar-refractivity contribution in [1.29, 1.82) is 0 Å². The monoisotopic (exact) mass is 521 g/mol. The number of carbonyl (C=O) groups excluding carboxylic acids is 1. The van der Waals surface area contributed by atoms with Crippen LogP contribution < -0.4 is 15.4 Å². The zero-order valence-electron chi connectivity index (χ0n) is 20.6.